The molecule has 9 nitrogen and oxygen atoms in total. The SMILES string of the molecule is COc1ncc(F)c2nc(S(=O)(=O)Nc3c(F)cc(O)cc3F)nn12. The van der Waals surface area contributed by atoms with Crippen LogP contribution in [0.4, 0.5) is 18.9 Å². The summed E-state index contributed by atoms with van der Waals surface area (Å²) in [5.74, 6) is -4.45. The van der Waals surface area contributed by atoms with Crippen LogP contribution in [0.25, 0.3) is 5.65 Å². The molecule has 0 fully saturated rings. The Kier molecular flexibility index (Phi) is 3.87. The number of nitrogens with zero attached hydrogens (tertiary/aromatic N) is 4. The summed E-state index contributed by atoms with van der Waals surface area (Å²) in [6.07, 6.45) is 0.742. The lowest BCUT2D eigenvalue weighted by atomic mass is 10.3. The van der Waals surface area contributed by atoms with Gasteiger partial charge in [0.15, 0.2) is 23.1 Å². The van der Waals surface area contributed by atoms with Gasteiger partial charge in [-0.3, -0.25) is 4.72 Å². The minimum absolute atomic E-state index is 0.257. The number of anilines is 1. The van der Waals surface area contributed by atoms with Crippen molar-refractivity contribution in [2.24, 2.45) is 0 Å². The van der Waals surface area contributed by atoms with Gasteiger partial charge in [0, 0.05) is 12.1 Å². The van der Waals surface area contributed by atoms with Crippen molar-refractivity contribution in [3.63, 3.8) is 0 Å². The number of ether oxygens (including phenoxy) is 1. The van der Waals surface area contributed by atoms with E-state index in [9.17, 15) is 21.6 Å². The Morgan fingerprint density at radius 3 is 2.44 bits per heavy atom. The van der Waals surface area contributed by atoms with E-state index < -0.39 is 49.7 Å². The van der Waals surface area contributed by atoms with Crippen LogP contribution in [0.5, 0.6) is 11.8 Å². The van der Waals surface area contributed by atoms with E-state index in [0.29, 0.717) is 16.6 Å². The largest absolute Gasteiger partial charge is 0.508 e. The van der Waals surface area contributed by atoms with Crippen LogP contribution in [0, 0.1) is 17.5 Å². The molecular formula is C12H8F3N5O4S. The van der Waals surface area contributed by atoms with Gasteiger partial charge >= 0.3 is 6.01 Å². The molecule has 25 heavy (non-hydrogen) atoms. The van der Waals surface area contributed by atoms with E-state index in [0.717, 1.165) is 6.20 Å². The first kappa shape index (κ1) is 16.8. The summed E-state index contributed by atoms with van der Waals surface area (Å²) in [5, 5.41) is 11.6. The van der Waals surface area contributed by atoms with Crippen molar-refractivity contribution < 1.29 is 31.4 Å². The first-order chi connectivity index (χ1) is 11.7. The van der Waals surface area contributed by atoms with Gasteiger partial charge in [-0.2, -0.15) is 17.9 Å². The molecule has 13 heteroatoms. The Balaban J connectivity index is 2.10. The molecule has 0 radical (unpaired) electrons. The first-order valence-electron chi connectivity index (χ1n) is 6.39. The Morgan fingerprint density at radius 2 is 1.84 bits per heavy atom. The monoisotopic (exact) mass is 375 g/mol. The number of sulfonamides is 1. The lowest BCUT2D eigenvalue weighted by Crippen LogP contribution is -2.17. The third-order valence-electron chi connectivity index (χ3n) is 2.96. The average Bonchev–Trinajstić information content (AvgIpc) is 2.98. The van der Waals surface area contributed by atoms with Gasteiger partial charge < -0.3 is 9.84 Å². The molecule has 0 unspecified atom stereocenters. The topological polar surface area (TPSA) is 119 Å². The van der Waals surface area contributed by atoms with E-state index >= 15 is 0 Å². The molecule has 2 N–H and O–H groups in total. The molecule has 0 aliphatic carbocycles. The van der Waals surface area contributed by atoms with Crippen molar-refractivity contribution in [3.05, 3.63) is 35.8 Å². The molecule has 2 heterocycles. The highest BCUT2D eigenvalue weighted by atomic mass is 32.2. The van der Waals surface area contributed by atoms with Gasteiger partial charge in [0.05, 0.1) is 13.3 Å². The maximum Gasteiger partial charge on any atom is 0.319 e. The second-order valence-corrected chi connectivity index (χ2v) is 6.19. The molecule has 3 aromatic rings. The molecular weight excluding hydrogens is 367 g/mol. The zero-order chi connectivity index (χ0) is 18.4. The smallest absolute Gasteiger partial charge is 0.319 e. The average molecular weight is 375 g/mol. The third-order valence-corrected chi connectivity index (χ3v) is 4.08. The second kappa shape index (κ2) is 5.77. The molecule has 0 aliphatic heterocycles. The lowest BCUT2D eigenvalue weighted by molar-refractivity contribution is 0.363. The molecule has 3 rings (SSSR count). The first-order valence-corrected chi connectivity index (χ1v) is 7.87. The van der Waals surface area contributed by atoms with Crippen molar-refractivity contribution in [3.8, 4) is 11.8 Å². The van der Waals surface area contributed by atoms with Crippen LogP contribution in [-0.2, 0) is 10.0 Å². The molecule has 0 amide bonds. The van der Waals surface area contributed by atoms with E-state index in [1.54, 1.807) is 4.72 Å². The van der Waals surface area contributed by atoms with Crippen molar-refractivity contribution >= 4 is 21.4 Å². The molecule has 1 aromatic carbocycles. The number of aromatic hydroxyl groups is 1. The molecule has 0 saturated heterocycles. The Bertz CT molecular complexity index is 1060. The fraction of sp³-hybridized carbons (Fsp3) is 0.0833. The second-order valence-electron chi connectivity index (χ2n) is 4.61. The minimum atomic E-state index is -4.68. The molecule has 0 spiro atoms. The number of phenols is 1. The highest BCUT2D eigenvalue weighted by molar-refractivity contribution is 7.92. The van der Waals surface area contributed by atoms with Crippen molar-refractivity contribution in [2.75, 3.05) is 11.8 Å². The van der Waals surface area contributed by atoms with Gasteiger partial charge in [0.25, 0.3) is 15.2 Å². The number of fused-ring (bicyclic) bond motifs is 1. The standard InChI is InChI=1S/C12H8F3N5O4S/c1-24-12-16-4-8(15)10-17-11(18-20(10)12)25(22,23)19-9-6(13)2-5(21)3-7(9)14/h2-4,19,21H,1H3. The summed E-state index contributed by atoms with van der Waals surface area (Å²) in [5.41, 5.74) is -1.57. The Morgan fingerprint density at radius 1 is 1.20 bits per heavy atom. The number of benzene rings is 1. The van der Waals surface area contributed by atoms with E-state index in [-0.39, 0.29) is 6.01 Å². The summed E-state index contributed by atoms with van der Waals surface area (Å²) in [7, 11) is -3.49. The molecule has 0 atom stereocenters. The predicted molar refractivity (Wildman–Crippen MR) is 76.1 cm³/mol. The van der Waals surface area contributed by atoms with Crippen LogP contribution >= 0.6 is 0 Å². The number of nitrogens with one attached hydrogen (secondary N) is 1. The van der Waals surface area contributed by atoms with Gasteiger partial charge in [-0.15, -0.1) is 5.10 Å². The number of halogens is 3. The van der Waals surface area contributed by atoms with Crippen molar-refractivity contribution in [1.82, 2.24) is 19.6 Å². The van der Waals surface area contributed by atoms with E-state index in [2.05, 4.69) is 15.1 Å². The van der Waals surface area contributed by atoms with Crippen LogP contribution in [0.1, 0.15) is 0 Å². The van der Waals surface area contributed by atoms with Crippen LogP contribution in [0.2, 0.25) is 0 Å². The highest BCUT2D eigenvalue weighted by Gasteiger charge is 2.26. The summed E-state index contributed by atoms with van der Waals surface area (Å²) in [4.78, 5) is 7.02. The van der Waals surface area contributed by atoms with E-state index in [4.69, 9.17) is 9.84 Å². The zero-order valence-corrected chi connectivity index (χ0v) is 13.1. The number of methoxy groups -OCH3 is 1. The Hall–Kier alpha value is -3.09. The maximum atomic E-state index is 13.7. The predicted octanol–water partition coefficient (Wildman–Crippen LogP) is 1.06. The van der Waals surface area contributed by atoms with E-state index in [1.807, 2.05) is 0 Å². The highest BCUT2D eigenvalue weighted by Crippen LogP contribution is 2.26. The van der Waals surface area contributed by atoms with Crippen LogP contribution in [-0.4, -0.2) is 40.2 Å². The van der Waals surface area contributed by atoms with Crippen LogP contribution in [0.15, 0.2) is 23.5 Å². The summed E-state index contributed by atoms with van der Waals surface area (Å²) in [6, 6.07) is 0.752. The lowest BCUT2D eigenvalue weighted by Gasteiger charge is -2.07. The molecule has 0 bridgehead atoms. The van der Waals surface area contributed by atoms with Crippen LogP contribution in [0.3, 0.4) is 0 Å². The molecule has 132 valence electrons. The normalized spacial score (nSPS) is 11.7. The van der Waals surface area contributed by atoms with Gasteiger partial charge in [-0.25, -0.2) is 18.2 Å². The van der Waals surface area contributed by atoms with Crippen molar-refractivity contribution in [1.29, 1.82) is 0 Å². The number of aromatic nitrogens is 4. The summed E-state index contributed by atoms with van der Waals surface area (Å²) < 4.78 is 72.6. The van der Waals surface area contributed by atoms with Crippen LogP contribution < -0.4 is 9.46 Å². The maximum absolute atomic E-state index is 13.7. The quantitative estimate of drug-likeness (QED) is 0.655. The fourth-order valence-corrected chi connectivity index (χ4v) is 2.85. The molecule has 0 saturated carbocycles. The summed E-state index contributed by atoms with van der Waals surface area (Å²) >= 11 is 0. The van der Waals surface area contributed by atoms with Crippen molar-refractivity contribution in [2.45, 2.75) is 5.16 Å². The number of phenolic OH excluding ortho intramolecular Hbond substituents is 1. The van der Waals surface area contributed by atoms with Gasteiger partial charge in [0.1, 0.15) is 11.4 Å². The fourth-order valence-electron chi connectivity index (χ4n) is 1.90. The zero-order valence-electron chi connectivity index (χ0n) is 12.2. The van der Waals surface area contributed by atoms with Gasteiger partial charge in [-0.1, -0.05) is 0 Å². The van der Waals surface area contributed by atoms with E-state index in [1.165, 1.54) is 7.11 Å². The minimum Gasteiger partial charge on any atom is -0.508 e. The molecule has 2 aromatic heterocycles. The molecule has 0 aliphatic rings. The Labute approximate surface area is 137 Å². The van der Waals surface area contributed by atoms with Gasteiger partial charge in [0.2, 0.25) is 0 Å². The third kappa shape index (κ3) is 2.88. The number of hydrogen-bond acceptors (Lipinski definition) is 7. The van der Waals surface area contributed by atoms with Gasteiger partial charge in [-0.05, 0) is 0 Å². The number of rotatable bonds is 4. The number of hydrogen-bond donors (Lipinski definition) is 2. The summed E-state index contributed by atoms with van der Waals surface area (Å²) in [6.45, 7) is 0.